The molecule has 0 aromatic heterocycles. The highest BCUT2D eigenvalue weighted by atomic mass is 16.6. The van der Waals surface area contributed by atoms with Crippen LogP contribution in [0.2, 0.25) is 0 Å². The first kappa shape index (κ1) is 30.3. The number of unbranched alkanes of at least 4 members (excludes halogenated alkanes) is 7. The van der Waals surface area contributed by atoms with Crippen molar-refractivity contribution in [2.75, 3.05) is 59.5 Å². The van der Waals surface area contributed by atoms with Crippen LogP contribution < -0.4 is 0 Å². The van der Waals surface area contributed by atoms with Gasteiger partial charge in [-0.1, -0.05) is 65.7 Å². The first-order valence-corrected chi connectivity index (χ1v) is 12.6. The second-order valence-electron chi connectivity index (χ2n) is 8.43. The van der Waals surface area contributed by atoms with Crippen molar-refractivity contribution in [2.24, 2.45) is 5.92 Å². The van der Waals surface area contributed by atoms with Crippen molar-refractivity contribution in [3.05, 3.63) is 0 Å². The summed E-state index contributed by atoms with van der Waals surface area (Å²) in [4.78, 5) is 11.5. The van der Waals surface area contributed by atoms with Crippen molar-refractivity contribution >= 4 is 5.97 Å². The molecule has 0 atom stereocenters. The summed E-state index contributed by atoms with van der Waals surface area (Å²) in [6, 6.07) is 0. The summed E-state index contributed by atoms with van der Waals surface area (Å²) >= 11 is 0. The SMILES string of the molecule is CCCCCCCCCCOCCOCCOCCOCCCC(=O)OCCC(C)C. The van der Waals surface area contributed by atoms with Crippen molar-refractivity contribution in [1.82, 2.24) is 0 Å². The van der Waals surface area contributed by atoms with Gasteiger partial charge in [-0.05, 0) is 25.2 Å². The zero-order chi connectivity index (χ0) is 22.8. The van der Waals surface area contributed by atoms with E-state index in [2.05, 4.69) is 20.8 Å². The highest BCUT2D eigenvalue weighted by Crippen LogP contribution is 2.08. The average Bonchev–Trinajstić information content (AvgIpc) is 2.74. The number of carbonyl (C=O) groups excluding carboxylic acids is 1. The van der Waals surface area contributed by atoms with Crippen LogP contribution in [0.4, 0.5) is 0 Å². The number of ether oxygens (including phenoxy) is 5. The lowest BCUT2D eigenvalue weighted by atomic mass is 10.1. The molecule has 0 N–H and O–H groups in total. The van der Waals surface area contributed by atoms with E-state index in [0.29, 0.717) is 71.6 Å². The Hall–Kier alpha value is -0.690. The molecule has 0 saturated carbocycles. The molecule has 0 amide bonds. The van der Waals surface area contributed by atoms with Crippen molar-refractivity contribution < 1.29 is 28.5 Å². The third kappa shape index (κ3) is 27.3. The van der Waals surface area contributed by atoms with Gasteiger partial charge < -0.3 is 23.7 Å². The maximum Gasteiger partial charge on any atom is 0.305 e. The predicted octanol–water partition coefficient (Wildman–Crippen LogP) is 5.56. The highest BCUT2D eigenvalue weighted by Gasteiger charge is 2.03. The van der Waals surface area contributed by atoms with Crippen molar-refractivity contribution in [1.29, 1.82) is 0 Å². The molecule has 6 heteroatoms. The maximum atomic E-state index is 11.5. The van der Waals surface area contributed by atoms with Crippen LogP contribution in [-0.2, 0) is 28.5 Å². The Kier molecular flexibility index (Phi) is 25.0. The highest BCUT2D eigenvalue weighted by molar-refractivity contribution is 5.69. The van der Waals surface area contributed by atoms with Gasteiger partial charge in [0.1, 0.15) is 0 Å². The van der Waals surface area contributed by atoms with Gasteiger partial charge in [0.25, 0.3) is 0 Å². The topological polar surface area (TPSA) is 63.2 Å². The molecular formula is C25H50O6. The lowest BCUT2D eigenvalue weighted by Gasteiger charge is -2.08. The minimum atomic E-state index is -0.139. The van der Waals surface area contributed by atoms with Gasteiger partial charge in [0, 0.05) is 19.6 Å². The van der Waals surface area contributed by atoms with Crippen LogP contribution >= 0.6 is 0 Å². The van der Waals surface area contributed by atoms with Crippen molar-refractivity contribution in [2.45, 2.75) is 91.4 Å². The molecule has 0 aromatic rings. The Morgan fingerprint density at radius 3 is 1.55 bits per heavy atom. The monoisotopic (exact) mass is 446 g/mol. The lowest BCUT2D eigenvalue weighted by Crippen LogP contribution is -2.13. The third-order valence-electron chi connectivity index (χ3n) is 4.89. The molecule has 0 aliphatic carbocycles. The summed E-state index contributed by atoms with van der Waals surface area (Å²) in [5, 5.41) is 0. The van der Waals surface area contributed by atoms with Crippen LogP contribution in [0.1, 0.15) is 91.4 Å². The molecule has 0 radical (unpaired) electrons. The zero-order valence-corrected chi connectivity index (χ0v) is 20.7. The Balaban J connectivity index is 3.08. The van der Waals surface area contributed by atoms with Gasteiger partial charge >= 0.3 is 5.97 Å². The fourth-order valence-corrected chi connectivity index (χ4v) is 2.90. The molecule has 0 fully saturated rings. The number of hydrogen-bond acceptors (Lipinski definition) is 6. The molecule has 0 unspecified atom stereocenters. The maximum absolute atomic E-state index is 11.5. The lowest BCUT2D eigenvalue weighted by molar-refractivity contribution is -0.144. The second kappa shape index (κ2) is 25.6. The van der Waals surface area contributed by atoms with E-state index in [-0.39, 0.29) is 5.97 Å². The molecule has 186 valence electrons. The first-order chi connectivity index (χ1) is 15.2. The number of hydrogen-bond donors (Lipinski definition) is 0. The van der Waals surface area contributed by atoms with Crippen LogP contribution in [0.3, 0.4) is 0 Å². The Morgan fingerprint density at radius 2 is 1.03 bits per heavy atom. The van der Waals surface area contributed by atoms with Gasteiger partial charge in [-0.15, -0.1) is 0 Å². The molecule has 0 spiro atoms. The van der Waals surface area contributed by atoms with Crippen molar-refractivity contribution in [3.63, 3.8) is 0 Å². The van der Waals surface area contributed by atoms with Gasteiger partial charge in [0.05, 0.1) is 46.2 Å². The number of rotatable bonds is 25. The normalized spacial score (nSPS) is 11.4. The molecule has 0 rings (SSSR count). The number of carbonyl (C=O) groups is 1. The molecular weight excluding hydrogens is 396 g/mol. The summed E-state index contributed by atoms with van der Waals surface area (Å²) in [5.41, 5.74) is 0. The average molecular weight is 447 g/mol. The quantitative estimate of drug-likeness (QED) is 0.135. The molecule has 0 aliphatic rings. The van der Waals surface area contributed by atoms with Crippen LogP contribution in [0.5, 0.6) is 0 Å². The molecule has 0 bridgehead atoms. The van der Waals surface area contributed by atoms with E-state index < -0.39 is 0 Å². The van der Waals surface area contributed by atoms with Gasteiger partial charge in [-0.2, -0.15) is 0 Å². The molecule has 6 nitrogen and oxygen atoms in total. The largest absolute Gasteiger partial charge is 0.466 e. The van der Waals surface area contributed by atoms with Crippen LogP contribution in [0.25, 0.3) is 0 Å². The molecule has 0 saturated heterocycles. The van der Waals surface area contributed by atoms with E-state index in [1.54, 1.807) is 0 Å². The summed E-state index contributed by atoms with van der Waals surface area (Å²) in [7, 11) is 0. The van der Waals surface area contributed by atoms with E-state index in [1.165, 1.54) is 44.9 Å². The van der Waals surface area contributed by atoms with Crippen LogP contribution in [0, 0.1) is 5.92 Å². The molecule has 0 aliphatic heterocycles. The Labute approximate surface area is 191 Å². The van der Waals surface area contributed by atoms with E-state index in [4.69, 9.17) is 23.7 Å². The Morgan fingerprint density at radius 1 is 0.581 bits per heavy atom. The van der Waals surface area contributed by atoms with E-state index >= 15 is 0 Å². The summed E-state index contributed by atoms with van der Waals surface area (Å²) in [6.07, 6.45) is 12.6. The van der Waals surface area contributed by atoms with Gasteiger partial charge in [0.2, 0.25) is 0 Å². The van der Waals surface area contributed by atoms with Crippen LogP contribution in [-0.4, -0.2) is 65.4 Å². The van der Waals surface area contributed by atoms with Gasteiger partial charge in [0.15, 0.2) is 0 Å². The fraction of sp³-hybridized carbons (Fsp3) is 0.960. The summed E-state index contributed by atoms with van der Waals surface area (Å²) in [5.74, 6) is 0.416. The number of esters is 1. The minimum absolute atomic E-state index is 0.139. The standard InChI is InChI=1S/C25H50O6/c1-4-5-6-7-8-9-10-11-15-27-18-20-29-22-23-30-21-19-28-16-12-13-25(26)31-17-14-24(2)3/h24H,4-23H2,1-3H3. The van der Waals surface area contributed by atoms with E-state index in [9.17, 15) is 4.79 Å². The second-order valence-corrected chi connectivity index (χ2v) is 8.43. The first-order valence-electron chi connectivity index (χ1n) is 12.6. The van der Waals surface area contributed by atoms with E-state index in [1.807, 2.05) is 0 Å². The minimum Gasteiger partial charge on any atom is -0.466 e. The zero-order valence-electron chi connectivity index (χ0n) is 20.7. The van der Waals surface area contributed by atoms with Crippen molar-refractivity contribution in [3.8, 4) is 0 Å². The molecule has 0 heterocycles. The predicted molar refractivity (Wildman–Crippen MR) is 126 cm³/mol. The van der Waals surface area contributed by atoms with Gasteiger partial charge in [-0.3, -0.25) is 4.79 Å². The summed E-state index contributed by atoms with van der Waals surface area (Å²) < 4.78 is 27.2. The third-order valence-corrected chi connectivity index (χ3v) is 4.89. The van der Waals surface area contributed by atoms with E-state index in [0.717, 1.165) is 19.4 Å². The molecule has 31 heavy (non-hydrogen) atoms. The molecule has 0 aromatic carbocycles. The smallest absolute Gasteiger partial charge is 0.305 e. The van der Waals surface area contributed by atoms with Crippen LogP contribution in [0.15, 0.2) is 0 Å². The van der Waals surface area contributed by atoms with Gasteiger partial charge in [-0.25, -0.2) is 0 Å². The fourth-order valence-electron chi connectivity index (χ4n) is 2.90. The summed E-state index contributed by atoms with van der Waals surface area (Å²) in [6.45, 7) is 11.9. The Bertz CT molecular complexity index is 362.